The molecule has 0 fully saturated rings. The van der Waals surface area contributed by atoms with Crippen molar-refractivity contribution >= 4 is 16.9 Å². The Bertz CT molecular complexity index is 1140. The van der Waals surface area contributed by atoms with Crippen LogP contribution >= 0.6 is 0 Å². The van der Waals surface area contributed by atoms with E-state index in [0.29, 0.717) is 30.2 Å². The van der Waals surface area contributed by atoms with Gasteiger partial charge in [0, 0.05) is 17.6 Å². The van der Waals surface area contributed by atoms with Gasteiger partial charge in [-0.2, -0.15) is 0 Å². The Hall–Kier alpha value is -3.15. The highest BCUT2D eigenvalue weighted by molar-refractivity contribution is 5.81. The second-order valence-corrected chi connectivity index (χ2v) is 8.82. The molecule has 0 aliphatic rings. The summed E-state index contributed by atoms with van der Waals surface area (Å²) in [6, 6.07) is 11.3. The Kier molecular flexibility index (Phi) is 9.68. The number of ether oxygens (including phenoxy) is 2. The molecule has 6 nitrogen and oxygen atoms in total. The van der Waals surface area contributed by atoms with Crippen molar-refractivity contribution in [1.82, 2.24) is 4.98 Å². The van der Waals surface area contributed by atoms with Gasteiger partial charge in [-0.05, 0) is 37.8 Å². The van der Waals surface area contributed by atoms with E-state index in [0.717, 1.165) is 61.5 Å². The van der Waals surface area contributed by atoms with Crippen LogP contribution in [0.4, 0.5) is 0 Å². The average molecular weight is 466 g/mol. The number of benzene rings is 1. The van der Waals surface area contributed by atoms with Crippen molar-refractivity contribution < 1.29 is 18.7 Å². The predicted octanol–water partition coefficient (Wildman–Crippen LogP) is 6.47. The van der Waals surface area contributed by atoms with Gasteiger partial charge in [-0.3, -0.25) is 4.79 Å². The topological polar surface area (TPSA) is 78.6 Å². The maximum absolute atomic E-state index is 12.5. The van der Waals surface area contributed by atoms with Crippen molar-refractivity contribution in [2.24, 2.45) is 5.92 Å². The molecule has 2 heterocycles. The van der Waals surface area contributed by atoms with E-state index in [-0.39, 0.29) is 17.5 Å². The van der Waals surface area contributed by atoms with Crippen LogP contribution in [0.3, 0.4) is 0 Å². The number of esters is 1. The Labute approximate surface area is 201 Å². The maximum atomic E-state index is 12.5. The third-order valence-corrected chi connectivity index (χ3v) is 5.97. The number of carbonyl (C=O) groups excluding carboxylic acids is 1. The summed E-state index contributed by atoms with van der Waals surface area (Å²) < 4.78 is 16.6. The van der Waals surface area contributed by atoms with Crippen molar-refractivity contribution in [2.75, 3.05) is 13.2 Å². The molecule has 1 atom stereocenters. The molecule has 3 rings (SSSR count). The molecule has 2 aromatic heterocycles. The van der Waals surface area contributed by atoms with E-state index in [2.05, 4.69) is 4.98 Å². The monoisotopic (exact) mass is 465 g/mol. The standard InChI is InChI=1S/C28H35NO5/c1-4-21(3)27(30)33-15-10-8-6-5-7-9-14-32-26-18-25-23(19-29-26)17-24(28(31)34-25)22-13-11-12-20(2)16-22/h11-13,16-19,21H,4-10,14-15H2,1-3H3. The zero-order valence-corrected chi connectivity index (χ0v) is 20.5. The number of fused-ring (bicyclic) bond motifs is 1. The van der Waals surface area contributed by atoms with E-state index >= 15 is 0 Å². The fourth-order valence-electron chi connectivity index (χ4n) is 3.66. The van der Waals surface area contributed by atoms with E-state index in [1.165, 1.54) is 0 Å². The van der Waals surface area contributed by atoms with Crippen LogP contribution in [0, 0.1) is 12.8 Å². The second kappa shape index (κ2) is 12.9. The number of hydrogen-bond acceptors (Lipinski definition) is 6. The fraction of sp³-hybridized carbons (Fsp3) is 0.464. The van der Waals surface area contributed by atoms with Gasteiger partial charge in [0.05, 0.1) is 24.7 Å². The molecule has 0 bridgehead atoms. The number of nitrogens with zero attached hydrogens (tertiary/aromatic N) is 1. The van der Waals surface area contributed by atoms with Crippen LogP contribution in [-0.2, 0) is 9.53 Å². The zero-order chi connectivity index (χ0) is 24.3. The minimum absolute atomic E-state index is 0.00999. The van der Waals surface area contributed by atoms with E-state index in [1.54, 1.807) is 12.3 Å². The van der Waals surface area contributed by atoms with Crippen molar-refractivity contribution in [3.05, 3.63) is 58.6 Å². The first kappa shape index (κ1) is 25.5. The lowest BCUT2D eigenvalue weighted by atomic mass is 10.0. The number of hydrogen-bond donors (Lipinski definition) is 0. The van der Waals surface area contributed by atoms with Crippen molar-refractivity contribution in [1.29, 1.82) is 0 Å². The quantitative estimate of drug-likeness (QED) is 0.213. The molecule has 34 heavy (non-hydrogen) atoms. The van der Waals surface area contributed by atoms with Gasteiger partial charge >= 0.3 is 11.6 Å². The average Bonchev–Trinajstić information content (AvgIpc) is 2.83. The summed E-state index contributed by atoms with van der Waals surface area (Å²) in [6.45, 7) is 6.96. The van der Waals surface area contributed by atoms with Gasteiger partial charge in [0.25, 0.3) is 0 Å². The molecule has 0 amide bonds. The second-order valence-electron chi connectivity index (χ2n) is 8.82. The Balaban J connectivity index is 1.38. The third kappa shape index (κ3) is 7.44. The molecule has 6 heteroatoms. The first-order valence-electron chi connectivity index (χ1n) is 12.3. The van der Waals surface area contributed by atoms with Crippen molar-refractivity contribution in [2.45, 2.75) is 65.7 Å². The smallest absolute Gasteiger partial charge is 0.344 e. The molecule has 182 valence electrons. The van der Waals surface area contributed by atoms with Gasteiger partial charge in [0.15, 0.2) is 0 Å². The summed E-state index contributed by atoms with van der Waals surface area (Å²) in [5.74, 6) is 0.360. The van der Waals surface area contributed by atoms with Crippen LogP contribution in [0.1, 0.15) is 64.4 Å². The highest BCUT2D eigenvalue weighted by atomic mass is 16.5. The van der Waals surface area contributed by atoms with E-state index < -0.39 is 0 Å². The van der Waals surface area contributed by atoms with Crippen molar-refractivity contribution in [3.8, 4) is 17.0 Å². The SMILES string of the molecule is CCC(C)C(=O)OCCCCCCCCOc1cc2oc(=O)c(-c3cccc(C)c3)cc2cn1. The van der Waals surface area contributed by atoms with Crippen LogP contribution in [0.15, 0.2) is 51.8 Å². The van der Waals surface area contributed by atoms with E-state index in [1.807, 2.05) is 51.1 Å². The van der Waals surface area contributed by atoms with Crippen LogP contribution < -0.4 is 10.4 Å². The summed E-state index contributed by atoms with van der Waals surface area (Å²) >= 11 is 0. The zero-order valence-electron chi connectivity index (χ0n) is 20.5. The normalized spacial score (nSPS) is 12.0. The molecule has 0 radical (unpaired) electrons. The van der Waals surface area contributed by atoms with Gasteiger partial charge in [0.1, 0.15) is 5.58 Å². The molecule has 0 aliphatic carbocycles. The number of carbonyl (C=O) groups is 1. The number of aromatic nitrogens is 1. The minimum Gasteiger partial charge on any atom is -0.478 e. The highest BCUT2D eigenvalue weighted by Gasteiger charge is 2.11. The first-order chi connectivity index (χ1) is 16.5. The number of unbranched alkanes of at least 4 members (excludes halogenated alkanes) is 5. The lowest BCUT2D eigenvalue weighted by molar-refractivity contribution is -0.148. The van der Waals surface area contributed by atoms with Crippen LogP contribution in [0.25, 0.3) is 22.1 Å². The Morgan fingerprint density at radius 1 is 1.03 bits per heavy atom. The predicted molar refractivity (Wildman–Crippen MR) is 134 cm³/mol. The van der Waals surface area contributed by atoms with Crippen LogP contribution in [0.5, 0.6) is 5.88 Å². The number of aryl methyl sites for hydroxylation is 1. The van der Waals surface area contributed by atoms with E-state index in [4.69, 9.17) is 13.9 Å². The van der Waals surface area contributed by atoms with Gasteiger partial charge < -0.3 is 13.9 Å². The summed E-state index contributed by atoms with van der Waals surface area (Å²) in [5, 5.41) is 0.762. The number of pyridine rings is 1. The molecule has 0 spiro atoms. The van der Waals surface area contributed by atoms with Crippen molar-refractivity contribution in [3.63, 3.8) is 0 Å². The molecule has 0 saturated heterocycles. The van der Waals surface area contributed by atoms with Gasteiger partial charge in [0.2, 0.25) is 5.88 Å². The molecular formula is C28H35NO5. The fourth-order valence-corrected chi connectivity index (χ4v) is 3.66. The largest absolute Gasteiger partial charge is 0.478 e. The van der Waals surface area contributed by atoms with Gasteiger partial charge in [-0.25, -0.2) is 9.78 Å². The lowest BCUT2D eigenvalue weighted by Gasteiger charge is -2.09. The summed E-state index contributed by atoms with van der Waals surface area (Å²) in [5.41, 5.74) is 2.55. The third-order valence-electron chi connectivity index (χ3n) is 5.97. The Morgan fingerprint density at radius 3 is 2.50 bits per heavy atom. The van der Waals surface area contributed by atoms with Crippen LogP contribution in [0.2, 0.25) is 0 Å². The molecule has 1 aromatic carbocycles. The highest BCUT2D eigenvalue weighted by Crippen LogP contribution is 2.23. The summed E-state index contributed by atoms with van der Waals surface area (Å²) in [4.78, 5) is 28.5. The van der Waals surface area contributed by atoms with Crippen LogP contribution in [-0.4, -0.2) is 24.2 Å². The van der Waals surface area contributed by atoms with Gasteiger partial charge in [-0.15, -0.1) is 0 Å². The molecule has 0 saturated carbocycles. The molecule has 0 N–H and O–H groups in total. The molecule has 1 unspecified atom stereocenters. The summed E-state index contributed by atoms with van der Waals surface area (Å²) in [7, 11) is 0. The molecular weight excluding hydrogens is 430 g/mol. The van der Waals surface area contributed by atoms with Gasteiger partial charge in [-0.1, -0.05) is 69.4 Å². The molecule has 0 aliphatic heterocycles. The van der Waals surface area contributed by atoms with E-state index in [9.17, 15) is 9.59 Å². The first-order valence-corrected chi connectivity index (χ1v) is 12.3. The minimum atomic E-state index is -0.370. The Morgan fingerprint density at radius 2 is 1.76 bits per heavy atom. The summed E-state index contributed by atoms with van der Waals surface area (Å²) in [6.07, 6.45) is 8.70. The maximum Gasteiger partial charge on any atom is 0.344 e. The molecule has 3 aromatic rings. The lowest BCUT2D eigenvalue weighted by Crippen LogP contribution is -2.14. The number of rotatable bonds is 13.